The van der Waals surface area contributed by atoms with Crippen molar-refractivity contribution in [2.75, 3.05) is 19.6 Å². The fraction of sp³-hybridized carbons (Fsp3) is 0.627. The molecule has 44 nitrogen and oxygen atoms in total. The molecule has 44 heteroatoms. The van der Waals surface area contributed by atoms with Crippen molar-refractivity contribution < 1.29 is 102 Å². The molecule has 664 valence electrons. The minimum absolute atomic E-state index is 0.0104. The summed E-state index contributed by atoms with van der Waals surface area (Å²) in [5, 5.41) is 82.1. The van der Waals surface area contributed by atoms with Crippen LogP contribution in [0.1, 0.15) is 172 Å². The van der Waals surface area contributed by atoms with Crippen molar-refractivity contribution in [2.24, 2.45) is 58.3 Å². The lowest BCUT2D eigenvalue weighted by atomic mass is 9.97. The van der Waals surface area contributed by atoms with E-state index in [2.05, 4.69) is 84.7 Å². The lowest BCUT2D eigenvalue weighted by Gasteiger charge is -2.29. The van der Waals surface area contributed by atoms with Crippen LogP contribution in [0.3, 0.4) is 0 Å². The number of primary amides is 2. The van der Waals surface area contributed by atoms with Crippen LogP contribution in [0.2, 0.25) is 0 Å². The molecule has 2 aromatic rings. The maximum absolute atomic E-state index is 14.8. The topological polar surface area (TPSA) is 742 Å². The lowest BCUT2D eigenvalue weighted by Crippen LogP contribution is -2.61. The number of benzene rings is 1. The number of guanidine groups is 2. The Hall–Kier alpha value is -12.3. The number of carboxylic acids is 3. The van der Waals surface area contributed by atoms with E-state index in [1.165, 1.54) is 27.7 Å². The number of H-pyrrole nitrogens is 1. The predicted octanol–water partition coefficient (Wildman–Crippen LogP) is -5.08. The molecule has 1 aromatic carbocycles. The van der Waals surface area contributed by atoms with E-state index in [-0.39, 0.29) is 82.7 Å². The molecule has 2 rings (SSSR count). The van der Waals surface area contributed by atoms with Crippen LogP contribution in [-0.4, -0.2) is 237 Å². The lowest BCUT2D eigenvalue weighted by molar-refractivity contribution is -0.144. The molecule has 1 aromatic heterocycles. The van der Waals surface area contributed by atoms with Gasteiger partial charge in [-0.2, -0.15) is 0 Å². The first-order valence-electron chi connectivity index (χ1n) is 39.3. The Bertz CT molecular complexity index is 3890. The molecule has 0 aliphatic rings. The van der Waals surface area contributed by atoms with E-state index in [4.69, 9.17) is 39.5 Å². The fourth-order valence-corrected chi connectivity index (χ4v) is 12.0. The van der Waals surface area contributed by atoms with E-state index < -0.39 is 253 Å². The SMILES string of the molecule is CC[C@H](C)[C@H](NC(=O)[C@H](CCCNC(=N)N)NC(=O)[C@H](CCCNC(=N)N)NC(=O)[C@H](CC(C)C)NC(=O)[C@H](CC(C)C)NC(=O)[C@H](CCC(N)=O)NC(=O)[C@H](C)NC(=O)[C@@H](NC(=O)[C@@H](N)Cc1c[nH]c2ccccc12)[C@@H](C)CC)C(=O)NCC(=O)N[C@@H](CC(=O)O)C(=O)N[C@@H](CCC(=O)O)C(=O)N[C@H](C(=O)N[C@@H](CC(N)=O)C(=O)O)C(C)C. The van der Waals surface area contributed by atoms with Crippen LogP contribution in [0.15, 0.2) is 30.5 Å². The van der Waals surface area contributed by atoms with Crippen LogP contribution >= 0.6 is 0 Å². The summed E-state index contributed by atoms with van der Waals surface area (Å²) in [6.45, 7) is 16.7. The molecule has 15 amide bonds. The number of hydrogen-bond donors (Lipinski definition) is 26. The Labute approximate surface area is 688 Å². The number of rotatable bonds is 56. The van der Waals surface area contributed by atoms with Crippen molar-refractivity contribution in [2.45, 2.75) is 251 Å². The number of aromatic nitrogens is 1. The van der Waals surface area contributed by atoms with Gasteiger partial charge in [-0.1, -0.05) is 100 Å². The molecule has 119 heavy (non-hydrogen) atoms. The van der Waals surface area contributed by atoms with E-state index in [1.807, 2.05) is 24.3 Å². The molecule has 0 radical (unpaired) electrons. The van der Waals surface area contributed by atoms with E-state index in [1.54, 1.807) is 54.7 Å². The van der Waals surface area contributed by atoms with Gasteiger partial charge in [-0.05, 0) is 106 Å². The van der Waals surface area contributed by atoms with Gasteiger partial charge in [0.25, 0.3) is 0 Å². The van der Waals surface area contributed by atoms with Crippen molar-refractivity contribution in [1.29, 1.82) is 10.8 Å². The highest BCUT2D eigenvalue weighted by molar-refractivity contribution is 6.01. The average Bonchev–Trinajstić information content (AvgIpc) is 1.32. The van der Waals surface area contributed by atoms with E-state index >= 15 is 0 Å². The van der Waals surface area contributed by atoms with Crippen LogP contribution in [0.4, 0.5) is 0 Å². The smallest absolute Gasteiger partial charge is 0.326 e. The monoisotopic (exact) mass is 1680 g/mol. The van der Waals surface area contributed by atoms with E-state index in [0.717, 1.165) is 16.5 Å². The highest BCUT2D eigenvalue weighted by Crippen LogP contribution is 2.21. The molecule has 0 aliphatic heterocycles. The highest BCUT2D eigenvalue weighted by atomic mass is 16.4. The number of para-hydroxylation sites is 1. The molecule has 0 saturated carbocycles. The fourth-order valence-electron chi connectivity index (χ4n) is 12.0. The van der Waals surface area contributed by atoms with Crippen LogP contribution in [0.25, 0.3) is 10.9 Å². The van der Waals surface area contributed by atoms with Crippen LogP contribution in [0.5, 0.6) is 0 Å². The van der Waals surface area contributed by atoms with E-state index in [0.29, 0.717) is 6.42 Å². The number of nitrogens with one attached hydrogen (secondary N) is 18. The first-order valence-corrected chi connectivity index (χ1v) is 39.3. The van der Waals surface area contributed by atoms with Crippen molar-refractivity contribution in [1.82, 2.24) is 84.7 Å². The van der Waals surface area contributed by atoms with E-state index in [9.17, 15) is 102 Å². The third-order valence-corrected chi connectivity index (χ3v) is 19.0. The maximum Gasteiger partial charge on any atom is 0.326 e. The Kier molecular flexibility index (Phi) is 44.7. The van der Waals surface area contributed by atoms with Gasteiger partial charge in [0.2, 0.25) is 88.6 Å². The van der Waals surface area contributed by atoms with Gasteiger partial charge in [-0.15, -0.1) is 0 Å². The number of carbonyl (C=O) groups excluding carboxylic acids is 15. The van der Waals surface area contributed by atoms with Gasteiger partial charge in [0.05, 0.1) is 25.4 Å². The number of aliphatic carboxylic acids is 3. The Morgan fingerprint density at radius 3 is 1.28 bits per heavy atom. The molecule has 0 saturated heterocycles. The molecule has 0 fully saturated rings. The summed E-state index contributed by atoms with van der Waals surface area (Å²) in [7, 11) is 0. The van der Waals surface area contributed by atoms with Crippen molar-refractivity contribution in [3.8, 4) is 0 Å². The Morgan fingerprint density at radius 2 is 0.832 bits per heavy atom. The maximum atomic E-state index is 14.8. The summed E-state index contributed by atoms with van der Waals surface area (Å²) in [5.41, 5.74) is 29.7. The zero-order valence-electron chi connectivity index (χ0n) is 69.1. The summed E-state index contributed by atoms with van der Waals surface area (Å²) in [6.07, 6.45) is -2.44. The molecular weight excluding hydrogens is 1560 g/mol. The Balaban J connectivity index is 2.48. The van der Waals surface area contributed by atoms with Crippen LogP contribution in [0, 0.1) is 40.4 Å². The zero-order chi connectivity index (χ0) is 90.2. The van der Waals surface area contributed by atoms with Gasteiger partial charge in [0.15, 0.2) is 11.9 Å². The van der Waals surface area contributed by atoms with Crippen molar-refractivity contribution in [3.05, 3.63) is 36.0 Å². The van der Waals surface area contributed by atoms with Gasteiger partial charge < -0.3 is 129 Å². The summed E-state index contributed by atoms with van der Waals surface area (Å²) in [6, 6.07) is -12.6. The second-order valence-corrected chi connectivity index (χ2v) is 30.4. The average molecular weight is 1680 g/mol. The third kappa shape index (κ3) is 38.1. The molecule has 1 heterocycles. The van der Waals surface area contributed by atoms with Crippen LogP contribution in [-0.2, 0) is 92.7 Å². The summed E-state index contributed by atoms with van der Waals surface area (Å²) < 4.78 is 0. The molecule has 0 aliphatic carbocycles. The summed E-state index contributed by atoms with van der Waals surface area (Å²) in [4.78, 5) is 245. The largest absolute Gasteiger partial charge is 0.481 e. The zero-order valence-corrected chi connectivity index (χ0v) is 69.1. The Morgan fingerprint density at radius 1 is 0.420 bits per heavy atom. The number of fused-ring (bicyclic) bond motifs is 1. The first-order chi connectivity index (χ1) is 55.7. The molecule has 0 unspecified atom stereocenters. The summed E-state index contributed by atoms with van der Waals surface area (Å²) in [5.74, 6) is -23.5. The quantitative estimate of drug-likeness (QED) is 0.0167. The first kappa shape index (κ1) is 103. The summed E-state index contributed by atoms with van der Waals surface area (Å²) >= 11 is 0. The molecule has 0 bridgehead atoms. The number of hydrogen-bond acceptors (Lipinski definition) is 21. The standard InChI is InChI=1S/C75H123N23O21/c1-12-38(9)59(70(115)86-34-55(101)88-51(32-57(104)105)69(114)92-48(23-25-56(102)103)66(111)96-58(37(7)8)71(116)95-52(73(118)119)31-54(78)100)98-65(110)46(21-17-27-84-75(81)82)90-63(108)45(20-16-26-83-74(79)80)91-67(112)49(28-35(3)4)94-68(113)50(29-36(5)6)93-64(109)47(22-24-53(77)99)89-61(106)40(11)87-72(117)60(39(10)13-2)97-62(107)43(76)30-41-33-85-44-19-15-14-18-42(41)44/h14-15,18-19,33,35-40,43,45-52,58-60,85H,12-13,16-17,20-32,34,76H2,1-11H3,(H2,77,99)(H2,78,100)(H,86,115)(H,87,117)(H,88,101)(H,89,106)(H,90,108)(H,91,112)(H,92,114)(H,93,109)(H,94,113)(H,95,116)(H,96,111)(H,97,107)(H,98,110)(H,102,103)(H,104,105)(H,118,119)(H4,79,80,83)(H4,81,82,84)/t38-,39-,40-,43-,45-,46-,47-,48-,49-,50-,51-,52-,58-,59-,60-/m0/s1. The third-order valence-electron chi connectivity index (χ3n) is 19.0. The molecular formula is C75H123N23O21. The molecule has 15 atom stereocenters. The van der Waals surface area contributed by atoms with Gasteiger partial charge in [0, 0.05) is 43.0 Å². The van der Waals surface area contributed by atoms with Gasteiger partial charge in [0.1, 0.15) is 72.5 Å². The van der Waals surface area contributed by atoms with Gasteiger partial charge in [-0.3, -0.25) is 92.3 Å². The number of carboxylic acid groups (broad SMARTS) is 3. The highest BCUT2D eigenvalue weighted by Gasteiger charge is 2.39. The number of carbonyl (C=O) groups is 18. The van der Waals surface area contributed by atoms with Gasteiger partial charge >= 0.3 is 17.9 Å². The molecule has 31 N–H and O–H groups in total. The van der Waals surface area contributed by atoms with Crippen molar-refractivity contribution >= 4 is 129 Å². The predicted molar refractivity (Wildman–Crippen MR) is 432 cm³/mol. The second kappa shape index (κ2) is 51.7. The minimum atomic E-state index is -2.04. The normalized spacial score (nSPS) is 14.9. The second-order valence-electron chi connectivity index (χ2n) is 30.4. The minimum Gasteiger partial charge on any atom is -0.481 e. The van der Waals surface area contributed by atoms with Crippen molar-refractivity contribution in [3.63, 3.8) is 0 Å². The van der Waals surface area contributed by atoms with Crippen LogP contribution < -0.4 is 108 Å². The number of nitrogens with two attached hydrogens (primary N) is 5. The number of amides is 15. The van der Waals surface area contributed by atoms with Gasteiger partial charge in [-0.25, -0.2) is 4.79 Å². The molecule has 0 spiro atoms. The number of aromatic amines is 1.